The second-order valence-electron chi connectivity index (χ2n) is 5.80. The molecule has 4 aromatic rings. The van der Waals surface area contributed by atoms with Crippen molar-refractivity contribution in [3.8, 4) is 11.1 Å². The first-order valence-corrected chi connectivity index (χ1v) is 8.79. The van der Waals surface area contributed by atoms with Crippen LogP contribution in [0.1, 0.15) is 5.56 Å². The average molecular weight is 366 g/mol. The molecule has 0 fully saturated rings. The van der Waals surface area contributed by atoms with E-state index in [0.29, 0.717) is 11.3 Å². The number of aromatic amines is 1. The maximum absolute atomic E-state index is 14.4. The van der Waals surface area contributed by atoms with Gasteiger partial charge in [0.25, 0.3) is 0 Å². The van der Waals surface area contributed by atoms with Crippen LogP contribution < -0.4 is 11.1 Å². The zero-order valence-corrected chi connectivity index (χ0v) is 14.7. The van der Waals surface area contributed by atoms with Gasteiger partial charge in [0, 0.05) is 52.1 Å². The number of nitrogens with two attached hydrogens (primary N) is 1. The molecule has 4 rings (SSSR count). The Labute approximate surface area is 152 Å². The van der Waals surface area contributed by atoms with E-state index in [-0.39, 0.29) is 11.7 Å². The van der Waals surface area contributed by atoms with E-state index in [1.54, 1.807) is 25.5 Å². The Morgan fingerprint density at radius 3 is 3.08 bits per heavy atom. The summed E-state index contributed by atoms with van der Waals surface area (Å²) >= 11 is 1.49. The van der Waals surface area contributed by atoms with Crippen molar-refractivity contribution in [3.05, 3.63) is 53.4 Å². The Hall–Kier alpha value is -3.19. The SMILES string of the molecule is CNC(=O)C=Cc1cnc(N)c2c(-c3cc(F)c4[nH]ccc4c3)csc12. The lowest BCUT2D eigenvalue weighted by atomic mass is 10.0. The fraction of sp³-hybridized carbons (Fsp3) is 0.0526. The number of amides is 1. The Kier molecular flexibility index (Phi) is 3.93. The van der Waals surface area contributed by atoms with Crippen LogP contribution >= 0.6 is 11.3 Å². The van der Waals surface area contributed by atoms with Crippen LogP contribution in [0.15, 0.2) is 42.0 Å². The molecular formula is C19H15FN4OS. The summed E-state index contributed by atoms with van der Waals surface area (Å²) in [6.07, 6.45) is 6.48. The number of rotatable bonds is 3. The van der Waals surface area contributed by atoms with Crippen molar-refractivity contribution in [2.45, 2.75) is 0 Å². The van der Waals surface area contributed by atoms with Gasteiger partial charge >= 0.3 is 0 Å². The van der Waals surface area contributed by atoms with Gasteiger partial charge in [-0.25, -0.2) is 9.37 Å². The second-order valence-corrected chi connectivity index (χ2v) is 6.68. The molecule has 5 nitrogen and oxygen atoms in total. The number of halogens is 1. The summed E-state index contributed by atoms with van der Waals surface area (Å²) in [5, 5.41) is 6.03. The molecule has 3 aromatic heterocycles. The third-order valence-corrected chi connectivity index (χ3v) is 5.26. The molecule has 0 spiro atoms. The van der Waals surface area contributed by atoms with Crippen LogP contribution in [-0.4, -0.2) is 22.9 Å². The summed E-state index contributed by atoms with van der Waals surface area (Å²) in [5.41, 5.74) is 8.95. The monoisotopic (exact) mass is 366 g/mol. The number of hydrogen-bond donors (Lipinski definition) is 3. The minimum absolute atomic E-state index is 0.202. The molecule has 0 saturated carbocycles. The van der Waals surface area contributed by atoms with E-state index in [1.807, 2.05) is 17.5 Å². The van der Waals surface area contributed by atoms with Gasteiger partial charge < -0.3 is 16.0 Å². The minimum atomic E-state index is -0.316. The van der Waals surface area contributed by atoms with Crippen molar-refractivity contribution in [1.82, 2.24) is 15.3 Å². The number of nitrogen functional groups attached to an aromatic ring is 1. The molecule has 3 heterocycles. The molecule has 7 heteroatoms. The van der Waals surface area contributed by atoms with E-state index < -0.39 is 0 Å². The largest absolute Gasteiger partial charge is 0.383 e. The van der Waals surface area contributed by atoms with Crippen LogP contribution in [0.5, 0.6) is 0 Å². The van der Waals surface area contributed by atoms with Gasteiger partial charge in [-0.2, -0.15) is 0 Å². The van der Waals surface area contributed by atoms with Crippen LogP contribution in [0.4, 0.5) is 10.2 Å². The van der Waals surface area contributed by atoms with Gasteiger partial charge in [0.05, 0.1) is 5.52 Å². The number of carbonyl (C=O) groups excluding carboxylic acids is 1. The maximum Gasteiger partial charge on any atom is 0.243 e. The fourth-order valence-corrected chi connectivity index (χ4v) is 4.03. The lowest BCUT2D eigenvalue weighted by molar-refractivity contribution is -0.115. The molecule has 0 saturated heterocycles. The predicted molar refractivity (Wildman–Crippen MR) is 104 cm³/mol. The Morgan fingerprint density at radius 1 is 1.42 bits per heavy atom. The highest BCUT2D eigenvalue weighted by atomic mass is 32.1. The number of pyridine rings is 1. The van der Waals surface area contributed by atoms with Gasteiger partial charge in [0.1, 0.15) is 11.6 Å². The Bertz CT molecular complexity index is 1180. The van der Waals surface area contributed by atoms with Crippen LogP contribution in [0, 0.1) is 5.82 Å². The first-order chi connectivity index (χ1) is 12.6. The number of aromatic nitrogens is 2. The van der Waals surface area contributed by atoms with E-state index in [1.165, 1.54) is 23.5 Å². The zero-order valence-electron chi connectivity index (χ0n) is 13.8. The average Bonchev–Trinajstić information content (AvgIpc) is 3.28. The Morgan fingerprint density at radius 2 is 2.27 bits per heavy atom. The number of hydrogen-bond acceptors (Lipinski definition) is 4. The number of nitrogens with one attached hydrogen (secondary N) is 2. The van der Waals surface area contributed by atoms with Gasteiger partial charge in [-0.1, -0.05) is 0 Å². The third-order valence-electron chi connectivity index (χ3n) is 4.24. The minimum Gasteiger partial charge on any atom is -0.383 e. The van der Waals surface area contributed by atoms with Crippen molar-refractivity contribution in [3.63, 3.8) is 0 Å². The number of nitrogens with zero attached hydrogens (tertiary/aromatic N) is 1. The molecule has 0 aliphatic heterocycles. The molecule has 0 atom stereocenters. The molecule has 0 unspecified atom stereocenters. The highest BCUT2D eigenvalue weighted by Crippen LogP contribution is 2.40. The second kappa shape index (κ2) is 6.27. The lowest BCUT2D eigenvalue weighted by Crippen LogP contribution is -2.13. The van der Waals surface area contributed by atoms with Crippen molar-refractivity contribution in [1.29, 1.82) is 0 Å². The Balaban J connectivity index is 1.91. The standard InChI is InChI=1S/C19H15FN4OS/c1-22-15(25)3-2-11-8-24-19(21)16-13(9-26-18(11)16)12-6-10-4-5-23-17(10)14(20)7-12/h2-9,23H,1H3,(H2,21,24)(H,22,25). The fourth-order valence-electron chi connectivity index (χ4n) is 2.95. The predicted octanol–water partition coefficient (Wildman–Crippen LogP) is 3.93. The topological polar surface area (TPSA) is 83.8 Å². The van der Waals surface area contributed by atoms with Crippen molar-refractivity contribution in [2.24, 2.45) is 0 Å². The summed E-state index contributed by atoms with van der Waals surface area (Å²) < 4.78 is 15.3. The van der Waals surface area contributed by atoms with Crippen molar-refractivity contribution in [2.75, 3.05) is 12.8 Å². The van der Waals surface area contributed by atoms with E-state index >= 15 is 0 Å². The molecule has 26 heavy (non-hydrogen) atoms. The summed E-state index contributed by atoms with van der Waals surface area (Å²) in [6, 6.07) is 5.24. The number of benzene rings is 1. The first-order valence-electron chi connectivity index (χ1n) is 7.91. The van der Waals surface area contributed by atoms with E-state index in [9.17, 15) is 9.18 Å². The molecule has 0 bridgehead atoms. The molecule has 0 aliphatic rings. The summed E-state index contributed by atoms with van der Waals surface area (Å²) in [4.78, 5) is 18.6. The molecule has 130 valence electrons. The smallest absolute Gasteiger partial charge is 0.243 e. The number of likely N-dealkylation sites (N-methyl/N-ethyl adjacent to an activating group) is 1. The number of carbonyl (C=O) groups is 1. The highest BCUT2D eigenvalue weighted by molar-refractivity contribution is 7.18. The molecule has 1 aromatic carbocycles. The van der Waals surface area contributed by atoms with Crippen LogP contribution in [-0.2, 0) is 4.79 Å². The molecule has 0 aliphatic carbocycles. The zero-order chi connectivity index (χ0) is 18.3. The maximum atomic E-state index is 14.4. The number of thiophene rings is 1. The van der Waals surface area contributed by atoms with E-state index in [4.69, 9.17) is 5.73 Å². The molecule has 1 amide bonds. The lowest BCUT2D eigenvalue weighted by Gasteiger charge is -2.05. The van der Waals surface area contributed by atoms with E-state index in [2.05, 4.69) is 15.3 Å². The quantitative estimate of drug-likeness (QED) is 0.481. The summed E-state index contributed by atoms with van der Waals surface area (Å²) in [6.45, 7) is 0. The molecule has 0 radical (unpaired) electrons. The van der Waals surface area contributed by atoms with Gasteiger partial charge in [0.15, 0.2) is 0 Å². The van der Waals surface area contributed by atoms with Crippen LogP contribution in [0.25, 0.3) is 38.2 Å². The van der Waals surface area contributed by atoms with Gasteiger partial charge in [-0.15, -0.1) is 11.3 Å². The number of anilines is 1. The third kappa shape index (κ3) is 2.62. The normalized spacial score (nSPS) is 11.6. The van der Waals surface area contributed by atoms with Crippen molar-refractivity contribution < 1.29 is 9.18 Å². The van der Waals surface area contributed by atoms with Gasteiger partial charge in [-0.05, 0) is 35.2 Å². The van der Waals surface area contributed by atoms with Gasteiger partial charge in [-0.3, -0.25) is 4.79 Å². The van der Waals surface area contributed by atoms with Gasteiger partial charge in [0.2, 0.25) is 5.91 Å². The van der Waals surface area contributed by atoms with Crippen LogP contribution in [0.3, 0.4) is 0 Å². The molecule has 4 N–H and O–H groups in total. The summed E-state index contributed by atoms with van der Waals surface area (Å²) in [7, 11) is 1.57. The first kappa shape index (κ1) is 16.3. The number of H-pyrrole nitrogens is 1. The highest BCUT2D eigenvalue weighted by Gasteiger charge is 2.15. The molecular weight excluding hydrogens is 351 g/mol. The number of fused-ring (bicyclic) bond motifs is 2. The van der Waals surface area contributed by atoms with E-state index in [0.717, 1.165) is 32.2 Å². The summed E-state index contributed by atoms with van der Waals surface area (Å²) in [5.74, 6) is -0.140. The van der Waals surface area contributed by atoms with Crippen molar-refractivity contribution >= 4 is 50.1 Å². The van der Waals surface area contributed by atoms with Crippen LogP contribution in [0.2, 0.25) is 0 Å².